The Morgan fingerprint density at radius 1 is 1.24 bits per heavy atom. The van der Waals surface area contributed by atoms with Crippen LogP contribution in [0.4, 0.5) is 0 Å². The van der Waals surface area contributed by atoms with Crippen molar-refractivity contribution in [1.29, 1.82) is 0 Å². The molecular formula is C17H19BrClNS. The minimum Gasteiger partial charge on any atom is -0.310 e. The Morgan fingerprint density at radius 3 is 2.71 bits per heavy atom. The smallest absolute Gasteiger partial charge is 0.0446 e. The maximum Gasteiger partial charge on any atom is 0.0446 e. The summed E-state index contributed by atoms with van der Waals surface area (Å²) in [5.74, 6) is 0.877. The van der Waals surface area contributed by atoms with Crippen molar-refractivity contribution in [2.24, 2.45) is 0 Å². The Morgan fingerprint density at radius 2 is 2.00 bits per heavy atom. The molecule has 0 aromatic heterocycles. The monoisotopic (exact) mass is 383 g/mol. The molecule has 0 heterocycles. The molecule has 0 aliphatic rings. The van der Waals surface area contributed by atoms with Crippen molar-refractivity contribution >= 4 is 39.3 Å². The normalized spacial score (nSPS) is 12.4. The molecule has 21 heavy (non-hydrogen) atoms. The molecule has 1 nitrogen and oxygen atoms in total. The van der Waals surface area contributed by atoms with Gasteiger partial charge in [0.05, 0.1) is 0 Å². The molecule has 2 aromatic carbocycles. The van der Waals surface area contributed by atoms with E-state index in [1.807, 2.05) is 30.0 Å². The molecule has 0 saturated heterocycles. The summed E-state index contributed by atoms with van der Waals surface area (Å²) in [6.07, 6.45) is 0. The van der Waals surface area contributed by atoms with Crippen LogP contribution in [-0.4, -0.2) is 6.54 Å². The van der Waals surface area contributed by atoms with Crippen molar-refractivity contribution in [2.45, 2.75) is 30.5 Å². The molecule has 112 valence electrons. The van der Waals surface area contributed by atoms with E-state index >= 15 is 0 Å². The van der Waals surface area contributed by atoms with Crippen molar-refractivity contribution in [2.75, 3.05) is 6.54 Å². The lowest BCUT2D eigenvalue weighted by atomic mass is 10.1. The van der Waals surface area contributed by atoms with Crippen molar-refractivity contribution in [3.05, 3.63) is 63.1 Å². The second-order valence-corrected chi connectivity index (χ2v) is 7.18. The number of rotatable bonds is 6. The van der Waals surface area contributed by atoms with Crippen LogP contribution in [0.1, 0.15) is 31.0 Å². The average Bonchev–Trinajstić information content (AvgIpc) is 2.46. The largest absolute Gasteiger partial charge is 0.310 e. The highest BCUT2D eigenvalue weighted by Crippen LogP contribution is 2.33. The quantitative estimate of drug-likeness (QED) is 0.607. The van der Waals surface area contributed by atoms with Gasteiger partial charge in [0.1, 0.15) is 0 Å². The van der Waals surface area contributed by atoms with Gasteiger partial charge in [-0.05, 0) is 42.8 Å². The van der Waals surface area contributed by atoms with Crippen LogP contribution < -0.4 is 5.32 Å². The molecule has 0 aliphatic carbocycles. The number of benzene rings is 2. The lowest BCUT2D eigenvalue weighted by Gasteiger charge is -2.17. The standard InChI is InChI=1S/C17H19BrClNS/c1-3-20-12(2)15-9-8-14(18)10-17(15)21-11-13-6-4-5-7-16(13)19/h4-10,12,20H,3,11H2,1-2H3. The van der Waals surface area contributed by atoms with Crippen LogP contribution in [0.2, 0.25) is 5.02 Å². The van der Waals surface area contributed by atoms with E-state index in [-0.39, 0.29) is 0 Å². The van der Waals surface area contributed by atoms with Crippen LogP contribution in [0.5, 0.6) is 0 Å². The van der Waals surface area contributed by atoms with Gasteiger partial charge in [0.25, 0.3) is 0 Å². The summed E-state index contributed by atoms with van der Waals surface area (Å²) >= 11 is 11.6. The van der Waals surface area contributed by atoms with Crippen molar-refractivity contribution in [3.8, 4) is 0 Å². The van der Waals surface area contributed by atoms with Gasteiger partial charge in [0, 0.05) is 26.2 Å². The van der Waals surface area contributed by atoms with Crippen molar-refractivity contribution in [1.82, 2.24) is 5.32 Å². The summed E-state index contributed by atoms with van der Waals surface area (Å²) in [7, 11) is 0. The zero-order valence-corrected chi connectivity index (χ0v) is 15.4. The molecule has 1 unspecified atom stereocenters. The van der Waals surface area contributed by atoms with Gasteiger partial charge in [-0.15, -0.1) is 11.8 Å². The third kappa shape index (κ3) is 4.75. The fraction of sp³-hybridized carbons (Fsp3) is 0.294. The maximum absolute atomic E-state index is 6.24. The van der Waals surface area contributed by atoms with Crippen molar-refractivity contribution < 1.29 is 0 Å². The van der Waals surface area contributed by atoms with Gasteiger partial charge < -0.3 is 5.32 Å². The van der Waals surface area contributed by atoms with E-state index in [0.717, 1.165) is 21.8 Å². The first kappa shape index (κ1) is 16.9. The van der Waals surface area contributed by atoms with Crippen LogP contribution in [0.25, 0.3) is 0 Å². The molecule has 0 fully saturated rings. The summed E-state index contributed by atoms with van der Waals surface area (Å²) in [6.45, 7) is 5.30. The van der Waals surface area contributed by atoms with Gasteiger partial charge in [0.15, 0.2) is 0 Å². The number of hydrogen-bond acceptors (Lipinski definition) is 2. The first-order valence-corrected chi connectivity index (χ1v) is 9.16. The van der Waals surface area contributed by atoms with E-state index in [4.69, 9.17) is 11.6 Å². The zero-order chi connectivity index (χ0) is 15.2. The molecule has 1 atom stereocenters. The highest BCUT2D eigenvalue weighted by Gasteiger charge is 2.11. The van der Waals surface area contributed by atoms with E-state index in [0.29, 0.717) is 6.04 Å². The number of nitrogens with one attached hydrogen (secondary N) is 1. The van der Waals surface area contributed by atoms with Crippen LogP contribution in [0, 0.1) is 0 Å². The Balaban J connectivity index is 2.18. The van der Waals surface area contributed by atoms with Crippen LogP contribution in [-0.2, 0) is 5.75 Å². The number of hydrogen-bond donors (Lipinski definition) is 1. The second kappa shape index (κ2) is 8.23. The van der Waals surface area contributed by atoms with E-state index in [9.17, 15) is 0 Å². The zero-order valence-electron chi connectivity index (χ0n) is 12.2. The molecule has 4 heteroatoms. The van der Waals surface area contributed by atoms with Crippen molar-refractivity contribution in [3.63, 3.8) is 0 Å². The van der Waals surface area contributed by atoms with Gasteiger partial charge in [0.2, 0.25) is 0 Å². The van der Waals surface area contributed by atoms with Crippen LogP contribution in [0.3, 0.4) is 0 Å². The summed E-state index contributed by atoms with van der Waals surface area (Å²) in [5.41, 5.74) is 2.50. The molecule has 0 radical (unpaired) electrons. The third-order valence-corrected chi connectivity index (χ3v) is 5.28. The molecule has 0 bridgehead atoms. The lowest BCUT2D eigenvalue weighted by molar-refractivity contribution is 0.589. The highest BCUT2D eigenvalue weighted by molar-refractivity contribution is 9.10. The Kier molecular flexibility index (Phi) is 6.62. The van der Waals surface area contributed by atoms with Gasteiger partial charge in [-0.25, -0.2) is 0 Å². The highest BCUT2D eigenvalue weighted by atomic mass is 79.9. The predicted molar refractivity (Wildman–Crippen MR) is 97.2 cm³/mol. The number of halogens is 2. The Bertz CT molecular complexity index is 603. The Labute approximate surface area is 144 Å². The summed E-state index contributed by atoms with van der Waals surface area (Å²) in [5, 5.41) is 4.31. The molecule has 0 aliphatic heterocycles. The maximum atomic E-state index is 6.24. The predicted octanol–water partition coefficient (Wildman–Crippen LogP) is 6.07. The van der Waals surface area contributed by atoms with E-state index in [1.165, 1.54) is 16.0 Å². The fourth-order valence-corrected chi connectivity index (χ4v) is 4.16. The van der Waals surface area contributed by atoms with Crippen LogP contribution in [0.15, 0.2) is 51.8 Å². The molecule has 0 spiro atoms. The summed E-state index contributed by atoms with van der Waals surface area (Å²) < 4.78 is 1.11. The van der Waals surface area contributed by atoms with E-state index in [1.54, 1.807) is 0 Å². The SMILES string of the molecule is CCNC(C)c1ccc(Br)cc1SCc1ccccc1Cl. The summed E-state index contributed by atoms with van der Waals surface area (Å²) in [4.78, 5) is 1.29. The molecular weight excluding hydrogens is 366 g/mol. The molecule has 2 rings (SSSR count). The minimum atomic E-state index is 0.344. The molecule has 0 saturated carbocycles. The van der Waals surface area contributed by atoms with Gasteiger partial charge in [-0.3, -0.25) is 0 Å². The lowest BCUT2D eigenvalue weighted by Crippen LogP contribution is -2.18. The first-order valence-electron chi connectivity index (χ1n) is 7.01. The van der Waals surface area contributed by atoms with Gasteiger partial charge in [-0.2, -0.15) is 0 Å². The molecule has 2 aromatic rings. The topological polar surface area (TPSA) is 12.0 Å². The third-order valence-electron chi connectivity index (χ3n) is 3.29. The van der Waals surface area contributed by atoms with E-state index in [2.05, 4.69) is 59.4 Å². The van der Waals surface area contributed by atoms with E-state index < -0.39 is 0 Å². The fourth-order valence-electron chi connectivity index (χ4n) is 2.18. The minimum absolute atomic E-state index is 0.344. The van der Waals surface area contributed by atoms with Crippen LogP contribution >= 0.6 is 39.3 Å². The number of thioether (sulfide) groups is 1. The second-order valence-electron chi connectivity index (χ2n) is 4.84. The molecule has 0 amide bonds. The summed E-state index contributed by atoms with van der Waals surface area (Å²) in [6, 6.07) is 14.8. The first-order chi connectivity index (χ1) is 10.1. The average molecular weight is 385 g/mol. The van der Waals surface area contributed by atoms with Gasteiger partial charge in [-0.1, -0.05) is 58.7 Å². The van der Waals surface area contributed by atoms with Gasteiger partial charge >= 0.3 is 0 Å². The molecule has 1 N–H and O–H groups in total. The Hall–Kier alpha value is -0.480.